The van der Waals surface area contributed by atoms with Crippen molar-refractivity contribution in [2.24, 2.45) is 0 Å². The number of benzene rings is 1. The lowest BCUT2D eigenvalue weighted by molar-refractivity contribution is 0.154. The fraction of sp³-hybridized carbons (Fsp3) is 0.600. The molecule has 1 aliphatic heterocycles. The molecule has 1 aromatic rings. The summed E-state index contributed by atoms with van der Waals surface area (Å²) in [5.74, 6) is 0. The summed E-state index contributed by atoms with van der Waals surface area (Å²) in [6, 6.07) is 6.99. The highest BCUT2D eigenvalue weighted by Gasteiger charge is 2.21. The van der Waals surface area contributed by atoms with Crippen molar-refractivity contribution in [1.29, 1.82) is 0 Å². The van der Waals surface area contributed by atoms with Crippen LogP contribution in [-0.2, 0) is 6.54 Å². The van der Waals surface area contributed by atoms with Gasteiger partial charge in [0.1, 0.15) is 0 Å². The van der Waals surface area contributed by atoms with E-state index in [4.69, 9.17) is 11.6 Å². The van der Waals surface area contributed by atoms with Gasteiger partial charge >= 0.3 is 0 Å². The molecule has 1 saturated heterocycles. The molecule has 0 spiro atoms. The minimum Gasteiger partial charge on any atom is -0.391 e. The lowest BCUT2D eigenvalue weighted by atomic mass is 10.1. The molecule has 2 aliphatic rings. The smallest absolute Gasteiger partial charge is 0.0715 e. The summed E-state index contributed by atoms with van der Waals surface area (Å²) in [4.78, 5) is 2.19. The third kappa shape index (κ3) is 3.41. The number of aliphatic hydroxyl groups excluding tert-OH is 1. The van der Waals surface area contributed by atoms with Crippen molar-refractivity contribution < 1.29 is 5.11 Å². The predicted octanol–water partition coefficient (Wildman–Crippen LogP) is 2.55. The van der Waals surface area contributed by atoms with E-state index in [1.807, 2.05) is 6.07 Å². The molecule has 1 aromatic carbocycles. The molecule has 0 amide bonds. The highest BCUT2D eigenvalue weighted by molar-refractivity contribution is 6.33. The quantitative estimate of drug-likeness (QED) is 0.890. The van der Waals surface area contributed by atoms with Crippen molar-refractivity contribution in [3.8, 4) is 0 Å². The van der Waals surface area contributed by atoms with Crippen LogP contribution >= 0.6 is 11.6 Å². The zero-order chi connectivity index (χ0) is 13.2. The molecule has 0 radical (unpaired) electrons. The number of hydrogen-bond acceptors (Lipinski definition) is 3. The highest BCUT2D eigenvalue weighted by Crippen LogP contribution is 2.29. The molecule has 0 aromatic heterocycles. The summed E-state index contributed by atoms with van der Waals surface area (Å²) in [5.41, 5.74) is 2.29. The minimum absolute atomic E-state index is 0.221. The van der Waals surface area contributed by atoms with Gasteiger partial charge in [-0.05, 0) is 43.4 Å². The third-order valence-corrected chi connectivity index (χ3v) is 4.22. The first-order valence-electron chi connectivity index (χ1n) is 7.17. The molecular formula is C15H21ClN2O. The van der Waals surface area contributed by atoms with Crippen LogP contribution in [0.4, 0.5) is 5.69 Å². The maximum absolute atomic E-state index is 9.74. The molecule has 1 aliphatic carbocycles. The lowest BCUT2D eigenvalue weighted by Gasteiger charge is -2.32. The van der Waals surface area contributed by atoms with E-state index in [-0.39, 0.29) is 6.10 Å². The maximum Gasteiger partial charge on any atom is 0.0715 e. The van der Waals surface area contributed by atoms with Gasteiger partial charge < -0.3 is 15.3 Å². The monoisotopic (exact) mass is 280 g/mol. The first kappa shape index (κ1) is 13.2. The number of anilines is 1. The van der Waals surface area contributed by atoms with Gasteiger partial charge in [0.05, 0.1) is 16.8 Å². The van der Waals surface area contributed by atoms with Crippen LogP contribution in [0, 0.1) is 0 Å². The second-order valence-corrected chi connectivity index (χ2v) is 6.09. The summed E-state index contributed by atoms with van der Waals surface area (Å²) < 4.78 is 0. The zero-order valence-electron chi connectivity index (χ0n) is 11.1. The van der Waals surface area contributed by atoms with Crippen molar-refractivity contribution in [2.75, 3.05) is 18.0 Å². The summed E-state index contributed by atoms with van der Waals surface area (Å²) in [6.45, 7) is 2.57. The number of aliphatic hydroxyl groups is 1. The van der Waals surface area contributed by atoms with Crippen LogP contribution < -0.4 is 10.2 Å². The molecule has 1 saturated carbocycles. The fourth-order valence-corrected chi connectivity index (χ4v) is 2.96. The van der Waals surface area contributed by atoms with E-state index in [9.17, 15) is 5.11 Å². The van der Waals surface area contributed by atoms with Crippen LogP contribution in [0.1, 0.15) is 31.2 Å². The molecule has 104 valence electrons. The average molecular weight is 281 g/mol. The summed E-state index contributed by atoms with van der Waals surface area (Å²) in [6.07, 6.45) is 4.32. The summed E-state index contributed by atoms with van der Waals surface area (Å²) in [5, 5.41) is 14.0. The van der Waals surface area contributed by atoms with Gasteiger partial charge in [-0.15, -0.1) is 0 Å². The SMILES string of the molecule is OC1CCCN(c2ccc(CNC3CC3)cc2Cl)C1. The van der Waals surface area contributed by atoms with Gasteiger partial charge in [-0.3, -0.25) is 0 Å². The number of β-amino-alcohol motifs (C(OH)–C–C–N with tert-alkyl or cyclic N) is 1. The summed E-state index contributed by atoms with van der Waals surface area (Å²) in [7, 11) is 0. The van der Waals surface area contributed by atoms with E-state index in [1.54, 1.807) is 0 Å². The van der Waals surface area contributed by atoms with E-state index in [2.05, 4.69) is 22.3 Å². The second-order valence-electron chi connectivity index (χ2n) is 5.68. The Morgan fingerprint density at radius 1 is 1.32 bits per heavy atom. The number of hydrogen-bond donors (Lipinski definition) is 2. The van der Waals surface area contributed by atoms with E-state index in [1.165, 1.54) is 18.4 Å². The van der Waals surface area contributed by atoms with Crippen LogP contribution in [0.25, 0.3) is 0 Å². The van der Waals surface area contributed by atoms with Crippen molar-refractivity contribution >= 4 is 17.3 Å². The number of halogens is 1. The summed E-state index contributed by atoms with van der Waals surface area (Å²) >= 11 is 6.39. The molecular weight excluding hydrogens is 260 g/mol. The Morgan fingerprint density at radius 3 is 2.84 bits per heavy atom. The van der Waals surface area contributed by atoms with Crippen molar-refractivity contribution in [1.82, 2.24) is 5.32 Å². The Morgan fingerprint density at radius 2 is 2.16 bits per heavy atom. The molecule has 1 unspecified atom stereocenters. The number of nitrogens with one attached hydrogen (secondary N) is 1. The van der Waals surface area contributed by atoms with Crippen LogP contribution in [0.15, 0.2) is 18.2 Å². The standard InChI is InChI=1S/C15H21ClN2O/c16-14-8-11(9-17-12-4-5-12)3-6-15(14)18-7-1-2-13(19)10-18/h3,6,8,12-13,17,19H,1-2,4-5,7,9-10H2. The Labute approximate surface area is 119 Å². The van der Waals surface area contributed by atoms with Gasteiger partial charge in [0, 0.05) is 25.7 Å². The Kier molecular flexibility index (Phi) is 3.96. The number of piperidine rings is 1. The molecule has 3 rings (SSSR count). The zero-order valence-corrected chi connectivity index (χ0v) is 11.9. The average Bonchev–Trinajstić information content (AvgIpc) is 3.20. The molecule has 2 fully saturated rings. The molecule has 1 heterocycles. The topological polar surface area (TPSA) is 35.5 Å². The van der Waals surface area contributed by atoms with Crippen LogP contribution in [0.2, 0.25) is 5.02 Å². The van der Waals surface area contributed by atoms with Crippen molar-refractivity contribution in [3.05, 3.63) is 28.8 Å². The Bertz CT molecular complexity index is 448. The minimum atomic E-state index is -0.221. The van der Waals surface area contributed by atoms with Crippen molar-refractivity contribution in [3.63, 3.8) is 0 Å². The predicted molar refractivity (Wildman–Crippen MR) is 78.8 cm³/mol. The largest absolute Gasteiger partial charge is 0.391 e. The van der Waals surface area contributed by atoms with Crippen LogP contribution in [0.5, 0.6) is 0 Å². The van der Waals surface area contributed by atoms with E-state index >= 15 is 0 Å². The molecule has 2 N–H and O–H groups in total. The molecule has 19 heavy (non-hydrogen) atoms. The van der Waals surface area contributed by atoms with Gasteiger partial charge in [-0.1, -0.05) is 17.7 Å². The van der Waals surface area contributed by atoms with Crippen LogP contribution in [0.3, 0.4) is 0 Å². The fourth-order valence-electron chi connectivity index (χ4n) is 2.64. The molecule has 3 nitrogen and oxygen atoms in total. The van der Waals surface area contributed by atoms with E-state index in [0.717, 1.165) is 42.7 Å². The molecule has 1 atom stereocenters. The number of rotatable bonds is 4. The number of nitrogens with zero attached hydrogens (tertiary/aromatic N) is 1. The highest BCUT2D eigenvalue weighted by atomic mass is 35.5. The molecule has 4 heteroatoms. The van der Waals surface area contributed by atoms with Gasteiger partial charge in [0.25, 0.3) is 0 Å². The first-order valence-corrected chi connectivity index (χ1v) is 7.55. The van der Waals surface area contributed by atoms with Crippen molar-refractivity contribution in [2.45, 2.75) is 44.4 Å². The second kappa shape index (κ2) is 5.70. The first-order chi connectivity index (χ1) is 9.22. The molecule has 0 bridgehead atoms. The van der Waals surface area contributed by atoms with Gasteiger partial charge in [0.15, 0.2) is 0 Å². The Balaban J connectivity index is 1.67. The van der Waals surface area contributed by atoms with Crippen LogP contribution in [-0.4, -0.2) is 30.3 Å². The van der Waals surface area contributed by atoms with Gasteiger partial charge in [-0.25, -0.2) is 0 Å². The van der Waals surface area contributed by atoms with E-state index in [0.29, 0.717) is 6.54 Å². The van der Waals surface area contributed by atoms with Gasteiger partial charge in [-0.2, -0.15) is 0 Å². The third-order valence-electron chi connectivity index (χ3n) is 3.92. The van der Waals surface area contributed by atoms with E-state index < -0.39 is 0 Å². The lowest BCUT2D eigenvalue weighted by Crippen LogP contribution is -2.38. The normalized spacial score (nSPS) is 23.7. The maximum atomic E-state index is 9.74. The van der Waals surface area contributed by atoms with Gasteiger partial charge in [0.2, 0.25) is 0 Å². The Hall–Kier alpha value is -0.770.